The Hall–Kier alpha value is -2.93. The maximum absolute atomic E-state index is 12.7. The summed E-state index contributed by atoms with van der Waals surface area (Å²) >= 11 is 0. The molecule has 0 unspecified atom stereocenters. The topological polar surface area (TPSA) is 59.2 Å². The van der Waals surface area contributed by atoms with E-state index in [2.05, 4.69) is 58.1 Å². The highest BCUT2D eigenvalue weighted by molar-refractivity contribution is 5.42. The second-order valence-corrected chi connectivity index (χ2v) is 8.35. The Kier molecular flexibility index (Phi) is 5.99. The SMILES string of the molecule is CC(C)N(C)c1cnn([C@@H]2CCCN(Cc3ccc(-n4cccn4)cc3)C2)c(=O)c1. The number of rotatable bonds is 6. The van der Waals surface area contributed by atoms with Gasteiger partial charge in [-0.15, -0.1) is 0 Å². The van der Waals surface area contributed by atoms with Crippen LogP contribution < -0.4 is 10.5 Å². The van der Waals surface area contributed by atoms with Crippen molar-refractivity contribution in [2.24, 2.45) is 0 Å². The van der Waals surface area contributed by atoms with Gasteiger partial charge in [0.05, 0.1) is 23.6 Å². The number of likely N-dealkylation sites (tertiary alicyclic amines) is 1. The quantitative estimate of drug-likeness (QED) is 0.630. The summed E-state index contributed by atoms with van der Waals surface area (Å²) in [4.78, 5) is 17.2. The maximum Gasteiger partial charge on any atom is 0.269 e. The zero-order valence-electron chi connectivity index (χ0n) is 18.0. The van der Waals surface area contributed by atoms with Gasteiger partial charge < -0.3 is 4.90 Å². The predicted molar refractivity (Wildman–Crippen MR) is 119 cm³/mol. The standard InChI is InChI=1S/C23H30N6O/c1-18(2)26(3)22-14-23(30)29(25-15-22)21-6-4-12-27(17-21)16-19-7-9-20(10-8-19)28-13-5-11-24-28/h5,7-11,13-15,18,21H,4,6,12,16-17H2,1-3H3/t21-/m1/s1. The van der Waals surface area contributed by atoms with Crippen molar-refractivity contribution in [3.05, 3.63) is 70.9 Å². The van der Waals surface area contributed by atoms with Gasteiger partial charge in [0.25, 0.3) is 5.56 Å². The fourth-order valence-corrected chi connectivity index (χ4v) is 3.98. The highest BCUT2D eigenvalue weighted by Crippen LogP contribution is 2.22. The van der Waals surface area contributed by atoms with E-state index < -0.39 is 0 Å². The van der Waals surface area contributed by atoms with Crippen LogP contribution in [0.4, 0.5) is 5.69 Å². The second kappa shape index (κ2) is 8.83. The minimum absolute atomic E-state index is 0.0181. The van der Waals surface area contributed by atoms with Gasteiger partial charge in [0.1, 0.15) is 0 Å². The average Bonchev–Trinajstić information content (AvgIpc) is 3.29. The number of benzene rings is 1. The van der Waals surface area contributed by atoms with Gasteiger partial charge in [-0.25, -0.2) is 9.36 Å². The van der Waals surface area contributed by atoms with Crippen LogP contribution in [-0.4, -0.2) is 50.6 Å². The lowest BCUT2D eigenvalue weighted by Gasteiger charge is -2.33. The molecule has 1 aliphatic heterocycles. The summed E-state index contributed by atoms with van der Waals surface area (Å²) in [5, 5.41) is 8.79. The molecule has 0 spiro atoms. The van der Waals surface area contributed by atoms with E-state index in [1.807, 2.05) is 30.2 Å². The summed E-state index contributed by atoms with van der Waals surface area (Å²) < 4.78 is 3.53. The van der Waals surface area contributed by atoms with Crippen molar-refractivity contribution < 1.29 is 0 Å². The fourth-order valence-electron chi connectivity index (χ4n) is 3.98. The van der Waals surface area contributed by atoms with Crippen LogP contribution in [0.3, 0.4) is 0 Å². The maximum atomic E-state index is 12.7. The minimum atomic E-state index is -0.0181. The molecule has 1 atom stereocenters. The molecule has 1 aromatic carbocycles. The lowest BCUT2D eigenvalue weighted by Crippen LogP contribution is -2.40. The Morgan fingerprint density at radius 2 is 2.00 bits per heavy atom. The van der Waals surface area contributed by atoms with E-state index in [-0.39, 0.29) is 11.6 Å². The molecule has 158 valence electrons. The van der Waals surface area contributed by atoms with Crippen LogP contribution in [0.5, 0.6) is 0 Å². The zero-order chi connectivity index (χ0) is 21.1. The molecule has 2 aromatic heterocycles. The number of piperidine rings is 1. The first kappa shape index (κ1) is 20.3. The Labute approximate surface area is 177 Å². The molecule has 7 heteroatoms. The van der Waals surface area contributed by atoms with Crippen molar-refractivity contribution in [3.63, 3.8) is 0 Å². The molecular formula is C23H30N6O. The van der Waals surface area contributed by atoms with Crippen LogP contribution in [0, 0.1) is 0 Å². The normalized spacial score (nSPS) is 17.4. The number of hydrogen-bond donors (Lipinski definition) is 0. The first-order valence-electron chi connectivity index (χ1n) is 10.6. The van der Waals surface area contributed by atoms with Gasteiger partial charge in [0.2, 0.25) is 0 Å². The molecule has 0 radical (unpaired) electrons. The Bertz CT molecular complexity index is 1010. The number of aromatic nitrogens is 4. The van der Waals surface area contributed by atoms with E-state index in [0.717, 1.165) is 43.9 Å². The number of hydrogen-bond acceptors (Lipinski definition) is 5. The molecule has 0 N–H and O–H groups in total. The van der Waals surface area contributed by atoms with Crippen molar-refractivity contribution >= 4 is 5.69 Å². The molecule has 30 heavy (non-hydrogen) atoms. The minimum Gasteiger partial charge on any atom is -0.371 e. The van der Waals surface area contributed by atoms with Crippen molar-refractivity contribution in [2.75, 3.05) is 25.0 Å². The third-order valence-electron chi connectivity index (χ3n) is 5.93. The molecule has 1 aliphatic rings. The predicted octanol–water partition coefficient (Wildman–Crippen LogP) is 3.11. The molecule has 0 bridgehead atoms. The smallest absolute Gasteiger partial charge is 0.269 e. The summed E-state index contributed by atoms with van der Waals surface area (Å²) in [6, 6.07) is 12.6. The number of nitrogens with zero attached hydrogens (tertiary/aromatic N) is 6. The van der Waals surface area contributed by atoms with Crippen LogP contribution in [0.25, 0.3) is 5.69 Å². The molecule has 3 heterocycles. The largest absolute Gasteiger partial charge is 0.371 e. The zero-order valence-corrected chi connectivity index (χ0v) is 18.0. The van der Waals surface area contributed by atoms with E-state index in [4.69, 9.17) is 0 Å². The van der Waals surface area contributed by atoms with Gasteiger partial charge in [-0.1, -0.05) is 12.1 Å². The highest BCUT2D eigenvalue weighted by Gasteiger charge is 2.23. The Morgan fingerprint density at radius 3 is 2.67 bits per heavy atom. The first-order valence-corrected chi connectivity index (χ1v) is 10.6. The van der Waals surface area contributed by atoms with Crippen molar-refractivity contribution in [1.29, 1.82) is 0 Å². The highest BCUT2D eigenvalue weighted by atomic mass is 16.1. The molecule has 1 saturated heterocycles. The molecule has 3 aromatic rings. The molecule has 1 fully saturated rings. The number of anilines is 1. The van der Waals surface area contributed by atoms with Crippen molar-refractivity contribution in [1.82, 2.24) is 24.5 Å². The first-order chi connectivity index (χ1) is 14.5. The molecule has 0 aliphatic carbocycles. The third kappa shape index (κ3) is 4.46. The summed E-state index contributed by atoms with van der Waals surface area (Å²) in [7, 11) is 1.99. The molecule has 0 saturated carbocycles. The van der Waals surface area contributed by atoms with E-state index in [0.29, 0.717) is 6.04 Å². The molecule has 7 nitrogen and oxygen atoms in total. The lowest BCUT2D eigenvalue weighted by molar-refractivity contribution is 0.160. The van der Waals surface area contributed by atoms with Crippen LogP contribution in [0.1, 0.15) is 38.3 Å². The van der Waals surface area contributed by atoms with Crippen LogP contribution in [0.2, 0.25) is 0 Å². The Morgan fingerprint density at radius 1 is 1.20 bits per heavy atom. The summed E-state index contributed by atoms with van der Waals surface area (Å²) in [5.74, 6) is 0. The van der Waals surface area contributed by atoms with Crippen molar-refractivity contribution in [3.8, 4) is 5.69 Å². The summed E-state index contributed by atoms with van der Waals surface area (Å²) in [6.07, 6.45) is 7.59. The third-order valence-corrected chi connectivity index (χ3v) is 5.93. The monoisotopic (exact) mass is 406 g/mol. The van der Waals surface area contributed by atoms with E-state index in [9.17, 15) is 4.79 Å². The molecule has 0 amide bonds. The van der Waals surface area contributed by atoms with E-state index in [1.54, 1.807) is 16.9 Å². The van der Waals surface area contributed by atoms with Crippen LogP contribution in [-0.2, 0) is 6.54 Å². The van der Waals surface area contributed by atoms with Gasteiger partial charge >= 0.3 is 0 Å². The van der Waals surface area contributed by atoms with Gasteiger partial charge in [-0.2, -0.15) is 10.2 Å². The van der Waals surface area contributed by atoms with E-state index >= 15 is 0 Å². The summed E-state index contributed by atoms with van der Waals surface area (Å²) in [6.45, 7) is 6.96. The van der Waals surface area contributed by atoms with Gasteiger partial charge in [-0.05, 0) is 57.0 Å². The lowest BCUT2D eigenvalue weighted by atomic mass is 10.0. The summed E-state index contributed by atoms with van der Waals surface area (Å²) in [5.41, 5.74) is 3.18. The second-order valence-electron chi connectivity index (χ2n) is 8.35. The van der Waals surface area contributed by atoms with E-state index in [1.165, 1.54) is 5.56 Å². The molecule has 4 rings (SSSR count). The van der Waals surface area contributed by atoms with Crippen molar-refractivity contribution in [2.45, 2.75) is 45.3 Å². The van der Waals surface area contributed by atoms with Crippen LogP contribution in [0.15, 0.2) is 59.8 Å². The average molecular weight is 407 g/mol. The molecular weight excluding hydrogens is 376 g/mol. The van der Waals surface area contributed by atoms with Gasteiger partial charge in [-0.3, -0.25) is 9.69 Å². The van der Waals surface area contributed by atoms with Gasteiger partial charge in [0, 0.05) is 44.6 Å². The van der Waals surface area contributed by atoms with Gasteiger partial charge in [0.15, 0.2) is 0 Å². The Balaban J connectivity index is 1.43. The fraction of sp³-hybridized carbons (Fsp3) is 0.435. The van der Waals surface area contributed by atoms with Crippen LogP contribution >= 0.6 is 0 Å².